The second kappa shape index (κ2) is 13.3. The molecule has 2 atom stereocenters. The van der Waals surface area contributed by atoms with Crippen molar-refractivity contribution in [3.8, 4) is 0 Å². The number of benzene rings is 3. The second-order valence-electron chi connectivity index (χ2n) is 10.3. The van der Waals surface area contributed by atoms with Crippen LogP contribution in [0.3, 0.4) is 0 Å². The van der Waals surface area contributed by atoms with E-state index in [-0.39, 0.29) is 28.0 Å². The van der Waals surface area contributed by atoms with Crippen LogP contribution in [-0.2, 0) is 16.4 Å². The Labute approximate surface area is 239 Å². The number of nitrogens with one attached hydrogen (secondary N) is 1. The molecule has 1 aliphatic rings. The molecule has 9 heteroatoms. The van der Waals surface area contributed by atoms with Crippen molar-refractivity contribution < 1.29 is 21.6 Å². The van der Waals surface area contributed by atoms with E-state index in [4.69, 9.17) is 5.73 Å². The zero-order valence-electron chi connectivity index (χ0n) is 23.1. The van der Waals surface area contributed by atoms with Crippen molar-refractivity contribution in [2.24, 2.45) is 16.6 Å². The number of nitrogens with two attached hydrogens (primary N) is 1. The SMILES string of the molecule is C/C(=C\C(N)=C1CCCCC(Cc2ccc(F)cc2)C1=Nc1ccc(F)cc1F)S(=O)(=O)N[C@@H](C)c1ccccc1. The summed E-state index contributed by atoms with van der Waals surface area (Å²) in [5.41, 5.74) is 9.56. The summed E-state index contributed by atoms with van der Waals surface area (Å²) in [6, 6.07) is 18.1. The van der Waals surface area contributed by atoms with E-state index in [0.29, 0.717) is 30.5 Å². The molecule has 0 aromatic heterocycles. The monoisotopic (exact) mass is 581 g/mol. The summed E-state index contributed by atoms with van der Waals surface area (Å²) >= 11 is 0. The average Bonchev–Trinajstić information content (AvgIpc) is 3.13. The molecule has 3 aromatic rings. The van der Waals surface area contributed by atoms with E-state index in [0.717, 1.165) is 36.1 Å². The zero-order valence-corrected chi connectivity index (χ0v) is 23.9. The first kappa shape index (κ1) is 30.3. The van der Waals surface area contributed by atoms with Crippen LogP contribution in [0.4, 0.5) is 18.9 Å². The van der Waals surface area contributed by atoms with Crippen molar-refractivity contribution in [1.82, 2.24) is 4.72 Å². The first-order chi connectivity index (χ1) is 19.5. The van der Waals surface area contributed by atoms with E-state index >= 15 is 0 Å². The standard InChI is InChI=1S/C32H34F3N3O2S/c1-21(41(39,40)38-22(2)24-8-4-3-5-9-24)18-30(36)28-11-7-6-10-25(19-23-12-14-26(33)15-13-23)32(28)37-31-17-16-27(34)20-29(31)35/h3-5,8-9,12-18,20,22,25,38H,6-7,10-11,19,36H2,1-2H3/b21-18+,30-28?,37-32?/t22-,25?/m0/s1. The number of nitrogens with zero attached hydrogens (tertiary/aromatic N) is 1. The molecule has 0 amide bonds. The molecular formula is C32H34F3N3O2S. The highest BCUT2D eigenvalue weighted by Crippen LogP contribution is 2.33. The van der Waals surface area contributed by atoms with Crippen LogP contribution in [-0.4, -0.2) is 14.1 Å². The number of allylic oxidation sites excluding steroid dienone is 3. The van der Waals surface area contributed by atoms with Crippen molar-refractivity contribution in [3.05, 3.63) is 124 Å². The van der Waals surface area contributed by atoms with Gasteiger partial charge in [-0.25, -0.2) is 31.3 Å². The molecule has 0 heterocycles. The number of aliphatic imine (C=N–C) groups is 1. The normalized spacial score (nSPS) is 19.6. The lowest BCUT2D eigenvalue weighted by molar-refractivity contribution is 0.573. The van der Waals surface area contributed by atoms with Crippen LogP contribution in [0.1, 0.15) is 56.7 Å². The fourth-order valence-corrected chi connectivity index (χ4v) is 6.05. The van der Waals surface area contributed by atoms with Crippen molar-refractivity contribution in [2.75, 3.05) is 0 Å². The molecule has 0 radical (unpaired) electrons. The lowest BCUT2D eigenvalue weighted by Gasteiger charge is -2.20. The Hall–Kier alpha value is -3.69. The van der Waals surface area contributed by atoms with Gasteiger partial charge in [-0.05, 0) is 86.6 Å². The van der Waals surface area contributed by atoms with Gasteiger partial charge in [-0.2, -0.15) is 0 Å². The number of halogens is 3. The summed E-state index contributed by atoms with van der Waals surface area (Å²) in [5, 5.41) is 0. The van der Waals surface area contributed by atoms with Gasteiger partial charge in [0.25, 0.3) is 0 Å². The molecule has 5 nitrogen and oxygen atoms in total. The highest BCUT2D eigenvalue weighted by atomic mass is 32.2. The summed E-state index contributed by atoms with van der Waals surface area (Å²) in [6.45, 7) is 3.23. The third-order valence-electron chi connectivity index (χ3n) is 7.23. The van der Waals surface area contributed by atoms with Crippen molar-refractivity contribution in [3.63, 3.8) is 0 Å². The topological polar surface area (TPSA) is 84.5 Å². The van der Waals surface area contributed by atoms with Gasteiger partial charge in [0.15, 0.2) is 5.82 Å². The largest absolute Gasteiger partial charge is 0.398 e. The van der Waals surface area contributed by atoms with Crippen molar-refractivity contribution >= 4 is 21.4 Å². The molecule has 3 aromatic carbocycles. The fourth-order valence-electron chi connectivity index (χ4n) is 4.98. The third kappa shape index (κ3) is 7.95. The van der Waals surface area contributed by atoms with Gasteiger partial charge in [0.1, 0.15) is 11.6 Å². The van der Waals surface area contributed by atoms with E-state index < -0.39 is 27.7 Å². The Kier molecular flexibility index (Phi) is 9.83. The van der Waals surface area contributed by atoms with Gasteiger partial charge < -0.3 is 5.73 Å². The number of sulfonamides is 1. The van der Waals surface area contributed by atoms with E-state index in [1.165, 1.54) is 31.2 Å². The van der Waals surface area contributed by atoms with E-state index in [1.807, 2.05) is 30.3 Å². The first-order valence-corrected chi connectivity index (χ1v) is 15.0. The van der Waals surface area contributed by atoms with Gasteiger partial charge in [0.05, 0.1) is 10.6 Å². The molecule has 4 rings (SSSR count). The maximum Gasteiger partial charge on any atom is 0.237 e. The summed E-state index contributed by atoms with van der Waals surface area (Å²) in [5.74, 6) is -2.08. The average molecular weight is 582 g/mol. The predicted molar refractivity (Wildman–Crippen MR) is 157 cm³/mol. The highest BCUT2D eigenvalue weighted by molar-refractivity contribution is 7.93. The van der Waals surface area contributed by atoms with E-state index in [1.54, 1.807) is 19.1 Å². The maximum absolute atomic E-state index is 14.7. The van der Waals surface area contributed by atoms with Crippen molar-refractivity contribution in [1.29, 1.82) is 0 Å². The number of rotatable bonds is 8. The summed E-state index contributed by atoms with van der Waals surface area (Å²) in [7, 11) is -3.88. The molecule has 1 saturated carbocycles. The minimum Gasteiger partial charge on any atom is -0.398 e. The van der Waals surface area contributed by atoms with Gasteiger partial charge in [0, 0.05) is 29.4 Å². The Bertz CT molecular complexity index is 1570. The molecule has 3 N–H and O–H groups in total. The Morgan fingerprint density at radius 3 is 2.39 bits per heavy atom. The summed E-state index contributed by atoms with van der Waals surface area (Å²) in [4.78, 5) is 4.67. The van der Waals surface area contributed by atoms with Crippen LogP contribution in [0.5, 0.6) is 0 Å². The lowest BCUT2D eigenvalue weighted by Crippen LogP contribution is -2.27. The Morgan fingerprint density at radius 2 is 1.71 bits per heavy atom. The molecule has 1 aliphatic carbocycles. The molecule has 216 valence electrons. The molecule has 0 saturated heterocycles. The summed E-state index contributed by atoms with van der Waals surface area (Å²) in [6.07, 6.45) is 4.73. The zero-order chi connectivity index (χ0) is 29.6. The van der Waals surface area contributed by atoms with Gasteiger partial charge in [0.2, 0.25) is 10.0 Å². The van der Waals surface area contributed by atoms with Gasteiger partial charge in [-0.1, -0.05) is 48.9 Å². The molecule has 0 spiro atoms. The molecule has 0 aliphatic heterocycles. The van der Waals surface area contributed by atoms with Crippen LogP contribution in [0.15, 0.2) is 100 Å². The lowest BCUT2D eigenvalue weighted by atomic mass is 9.88. The van der Waals surface area contributed by atoms with Crippen molar-refractivity contribution in [2.45, 2.75) is 52.0 Å². The van der Waals surface area contributed by atoms with Crippen LogP contribution in [0.25, 0.3) is 0 Å². The van der Waals surface area contributed by atoms with Crippen LogP contribution in [0.2, 0.25) is 0 Å². The molecule has 1 fully saturated rings. The minimum absolute atomic E-state index is 0.0249. The quantitative estimate of drug-likeness (QED) is 0.272. The first-order valence-electron chi connectivity index (χ1n) is 13.6. The number of hydrogen-bond donors (Lipinski definition) is 2. The predicted octanol–water partition coefficient (Wildman–Crippen LogP) is 7.41. The van der Waals surface area contributed by atoms with Crippen LogP contribution >= 0.6 is 0 Å². The summed E-state index contributed by atoms with van der Waals surface area (Å²) < 4.78 is 70.9. The highest BCUT2D eigenvalue weighted by Gasteiger charge is 2.26. The van der Waals surface area contributed by atoms with Gasteiger partial charge in [-0.15, -0.1) is 0 Å². The number of hydrogen-bond acceptors (Lipinski definition) is 4. The maximum atomic E-state index is 14.7. The van der Waals surface area contributed by atoms with Gasteiger partial charge in [-0.3, -0.25) is 0 Å². The van der Waals surface area contributed by atoms with Crippen LogP contribution in [0, 0.1) is 23.4 Å². The molecule has 0 bridgehead atoms. The second-order valence-corrected chi connectivity index (χ2v) is 12.2. The smallest absolute Gasteiger partial charge is 0.237 e. The molecule has 41 heavy (non-hydrogen) atoms. The Balaban J connectivity index is 1.74. The minimum atomic E-state index is -3.88. The van der Waals surface area contributed by atoms with Crippen LogP contribution < -0.4 is 10.5 Å². The van der Waals surface area contributed by atoms with Gasteiger partial charge >= 0.3 is 0 Å². The third-order valence-corrected chi connectivity index (χ3v) is 8.86. The fraction of sp³-hybridized carbons (Fsp3) is 0.281. The Morgan fingerprint density at radius 1 is 1.02 bits per heavy atom. The molecule has 1 unspecified atom stereocenters. The molecular weight excluding hydrogens is 547 g/mol. The van der Waals surface area contributed by atoms with E-state index in [9.17, 15) is 21.6 Å². The van der Waals surface area contributed by atoms with E-state index in [2.05, 4.69) is 9.71 Å².